The van der Waals surface area contributed by atoms with Crippen LogP contribution in [0.1, 0.15) is 19.3 Å². The molecule has 0 heterocycles. The Kier molecular flexibility index (Phi) is 8.93. The summed E-state index contributed by atoms with van der Waals surface area (Å²) in [5, 5.41) is 9.17. The van der Waals surface area contributed by atoms with Gasteiger partial charge in [0.25, 0.3) is 0 Å². The Balaban J connectivity index is 4.92. The van der Waals surface area contributed by atoms with Crippen molar-refractivity contribution in [2.45, 2.75) is 25.3 Å². The molecule has 0 unspecified atom stereocenters. The predicted octanol–water partition coefficient (Wildman–Crippen LogP) is -1.54. The van der Waals surface area contributed by atoms with Gasteiger partial charge in [-0.05, 0) is 19.3 Å². The quantitative estimate of drug-likeness (QED) is 0.0947. The summed E-state index contributed by atoms with van der Waals surface area (Å²) in [6.45, 7) is 0.242. The first-order valence-electron chi connectivity index (χ1n) is 6.43. The van der Waals surface area contributed by atoms with Gasteiger partial charge in [0.05, 0.1) is 0 Å². The van der Waals surface area contributed by atoms with Gasteiger partial charge in [0.2, 0.25) is 0 Å². The zero-order valence-electron chi connectivity index (χ0n) is 12.2. The van der Waals surface area contributed by atoms with Crippen LogP contribution in [-0.2, 0) is 13.9 Å². The second-order valence-corrected chi connectivity index (χ2v) is 8.08. The van der Waals surface area contributed by atoms with E-state index in [4.69, 9.17) is 36.1 Å². The Hall–Kier alpha value is -1.00. The van der Waals surface area contributed by atoms with Crippen molar-refractivity contribution >= 4 is 27.1 Å². The molecule has 0 radical (unpaired) electrons. The number of aliphatic carboxylic acids is 1. The molecule has 0 aromatic heterocycles. The summed E-state index contributed by atoms with van der Waals surface area (Å²) in [6, 6.07) is -1.45. The minimum Gasteiger partial charge on any atom is -0.480 e. The highest BCUT2D eigenvalue weighted by Gasteiger charge is 2.34. The number of unbranched alkanes of at least 4 members (excludes halogenated alkanes) is 1. The Morgan fingerprint density at radius 1 is 1.04 bits per heavy atom. The summed E-state index contributed by atoms with van der Waals surface area (Å²) < 4.78 is 22.1. The monoisotopic (exact) mass is 376 g/mol. The zero-order valence-corrected chi connectivity index (χ0v) is 14.0. The van der Waals surface area contributed by atoms with Crippen molar-refractivity contribution in [3.8, 4) is 0 Å². The molecule has 1 atom stereocenters. The third kappa shape index (κ3) is 12.1. The molecule has 9 N–H and O–H groups in total. The first-order valence-corrected chi connectivity index (χ1v) is 10.0. The van der Waals surface area contributed by atoms with Crippen LogP contribution in [0.4, 0.5) is 0 Å². The van der Waals surface area contributed by atoms with Gasteiger partial charge in [0.1, 0.15) is 18.6 Å². The molecule has 0 spiro atoms. The van der Waals surface area contributed by atoms with E-state index in [2.05, 4.69) is 4.99 Å². The van der Waals surface area contributed by atoms with Gasteiger partial charge in [-0.3, -0.25) is 23.8 Å². The molecule has 0 aromatic rings. The molecule has 0 rings (SSSR count). The number of nitrogens with zero attached hydrogens (tertiary/aromatic N) is 2. The number of aliphatic imine (C=N–C) groups is 1. The third-order valence-corrected chi connectivity index (χ3v) is 4.10. The molecule has 0 bridgehead atoms. The summed E-state index contributed by atoms with van der Waals surface area (Å²) in [6.07, 6.45) is -1.52. The van der Waals surface area contributed by atoms with E-state index >= 15 is 0 Å². The average Bonchev–Trinajstić information content (AvgIpc) is 2.28. The molecule has 23 heavy (non-hydrogen) atoms. The fourth-order valence-corrected chi connectivity index (χ4v) is 3.53. The van der Waals surface area contributed by atoms with Crippen molar-refractivity contribution in [2.24, 2.45) is 16.5 Å². The van der Waals surface area contributed by atoms with Crippen molar-refractivity contribution in [3.05, 3.63) is 0 Å². The molecule has 0 amide bonds. The van der Waals surface area contributed by atoms with E-state index < -0.39 is 39.8 Å². The molecular formula is C9H22N4O8P2. The lowest BCUT2D eigenvalue weighted by Gasteiger charge is -2.28. The molecule has 0 aliphatic heterocycles. The number of carboxylic acids is 1. The molecular weight excluding hydrogens is 354 g/mol. The highest BCUT2D eigenvalue weighted by molar-refractivity contribution is 7.52. The number of guanidine groups is 1. The Bertz CT molecular complexity index is 488. The van der Waals surface area contributed by atoms with Crippen molar-refractivity contribution < 1.29 is 38.6 Å². The summed E-state index contributed by atoms with van der Waals surface area (Å²) in [4.78, 5) is 51.4. The maximum Gasteiger partial charge on any atom is 0.339 e. The van der Waals surface area contributed by atoms with Crippen molar-refractivity contribution in [2.75, 3.05) is 19.1 Å². The second-order valence-electron chi connectivity index (χ2n) is 4.86. The van der Waals surface area contributed by atoms with Gasteiger partial charge >= 0.3 is 21.2 Å². The van der Waals surface area contributed by atoms with E-state index in [1.807, 2.05) is 0 Å². The lowest BCUT2D eigenvalue weighted by atomic mass is 10.1. The Morgan fingerprint density at radius 2 is 1.52 bits per heavy atom. The smallest absolute Gasteiger partial charge is 0.339 e. The lowest BCUT2D eigenvalue weighted by molar-refractivity contribution is -0.143. The molecule has 14 heteroatoms. The molecule has 0 aromatic carbocycles. The summed E-state index contributed by atoms with van der Waals surface area (Å²) in [5.41, 5.74) is 10.2. The van der Waals surface area contributed by atoms with Crippen molar-refractivity contribution in [1.82, 2.24) is 4.90 Å². The number of hydrogen-bond acceptors (Lipinski definition) is 5. The molecule has 0 saturated carbocycles. The van der Waals surface area contributed by atoms with Crippen molar-refractivity contribution in [1.29, 1.82) is 0 Å². The number of hydrogen-bond donors (Lipinski definition) is 7. The summed E-state index contributed by atoms with van der Waals surface area (Å²) in [7, 11) is -9.39. The standard InChI is InChI=1S/C9H22N4O8P2/c10-9(11)12-4-2-1-3-7(8(14)15)13(5-22(16,17)18)6-23(19,20)21/h7H,1-6H2,(H,14,15)(H4,10,11,12)(H2,16,17,18)(H2,19,20,21)/t7-/m0/s1. The Labute approximate surface area is 132 Å². The van der Waals surface area contributed by atoms with Crippen LogP contribution in [-0.4, -0.2) is 66.7 Å². The average molecular weight is 376 g/mol. The van der Waals surface area contributed by atoms with Gasteiger partial charge in [-0.15, -0.1) is 0 Å². The van der Waals surface area contributed by atoms with E-state index in [-0.39, 0.29) is 25.3 Å². The second kappa shape index (κ2) is 9.33. The number of rotatable bonds is 11. The highest BCUT2D eigenvalue weighted by atomic mass is 31.2. The zero-order chi connectivity index (χ0) is 18.3. The fourth-order valence-electron chi connectivity index (χ4n) is 1.83. The van der Waals surface area contributed by atoms with Crippen LogP contribution in [0.15, 0.2) is 4.99 Å². The van der Waals surface area contributed by atoms with E-state index in [1.165, 1.54) is 0 Å². The van der Waals surface area contributed by atoms with E-state index in [1.54, 1.807) is 0 Å². The maximum absolute atomic E-state index is 11.3. The normalized spacial score (nSPS) is 13.8. The van der Waals surface area contributed by atoms with Crippen LogP contribution in [0.2, 0.25) is 0 Å². The van der Waals surface area contributed by atoms with Crippen LogP contribution in [0.3, 0.4) is 0 Å². The minimum absolute atomic E-state index is 0.0741. The molecule has 0 saturated heterocycles. The molecule has 0 aliphatic rings. The summed E-state index contributed by atoms with van der Waals surface area (Å²) in [5.74, 6) is -1.56. The highest BCUT2D eigenvalue weighted by Crippen LogP contribution is 2.42. The maximum atomic E-state index is 11.3. The summed E-state index contributed by atoms with van der Waals surface area (Å²) >= 11 is 0. The van der Waals surface area contributed by atoms with Crippen molar-refractivity contribution in [3.63, 3.8) is 0 Å². The largest absolute Gasteiger partial charge is 0.480 e. The minimum atomic E-state index is -4.70. The van der Waals surface area contributed by atoms with Gasteiger partial charge in [-0.2, -0.15) is 0 Å². The predicted molar refractivity (Wildman–Crippen MR) is 81.6 cm³/mol. The van der Waals surface area contributed by atoms with Crippen LogP contribution >= 0.6 is 15.2 Å². The number of nitrogens with two attached hydrogens (primary N) is 2. The first kappa shape index (κ1) is 22.0. The molecule has 136 valence electrons. The SMILES string of the molecule is NC(N)=NCCCC[C@@H](C(=O)O)N(CP(=O)(O)O)CP(=O)(O)O. The molecule has 12 nitrogen and oxygen atoms in total. The third-order valence-electron chi connectivity index (χ3n) is 2.64. The van der Waals surface area contributed by atoms with Gasteiger partial charge in [-0.1, -0.05) is 0 Å². The van der Waals surface area contributed by atoms with E-state index in [9.17, 15) is 13.9 Å². The molecule has 0 aliphatic carbocycles. The fraction of sp³-hybridized carbons (Fsp3) is 0.778. The van der Waals surface area contributed by atoms with Gasteiger partial charge in [-0.25, -0.2) is 0 Å². The molecule has 0 fully saturated rings. The number of carboxylic acid groups (broad SMARTS) is 1. The van der Waals surface area contributed by atoms with Crippen LogP contribution in [0.25, 0.3) is 0 Å². The van der Waals surface area contributed by atoms with Gasteiger partial charge in [0, 0.05) is 6.54 Å². The topological polar surface area (TPSA) is 220 Å². The number of carbonyl (C=O) groups is 1. The van der Waals surface area contributed by atoms with Crippen LogP contribution < -0.4 is 11.5 Å². The van der Waals surface area contributed by atoms with Crippen LogP contribution in [0.5, 0.6) is 0 Å². The van der Waals surface area contributed by atoms with E-state index in [0.29, 0.717) is 11.3 Å². The Morgan fingerprint density at radius 3 is 1.87 bits per heavy atom. The van der Waals surface area contributed by atoms with Gasteiger partial charge < -0.3 is 36.1 Å². The van der Waals surface area contributed by atoms with Crippen LogP contribution in [0, 0.1) is 0 Å². The van der Waals surface area contributed by atoms with Gasteiger partial charge in [0.15, 0.2) is 5.96 Å². The lowest BCUT2D eigenvalue weighted by Crippen LogP contribution is -2.42. The first-order chi connectivity index (χ1) is 10.3. The van der Waals surface area contributed by atoms with E-state index in [0.717, 1.165) is 0 Å².